The highest BCUT2D eigenvalue weighted by Crippen LogP contribution is 2.38. The average Bonchev–Trinajstić information content (AvgIpc) is 3.54. The first-order valence-electron chi connectivity index (χ1n) is 9.03. The maximum absolute atomic E-state index is 13.5. The van der Waals surface area contributed by atoms with Gasteiger partial charge in [0, 0.05) is 18.2 Å². The van der Waals surface area contributed by atoms with Crippen LogP contribution in [0.5, 0.6) is 17.2 Å². The molecule has 0 saturated heterocycles. The summed E-state index contributed by atoms with van der Waals surface area (Å²) >= 11 is 0. The molecular weight excluding hydrogens is 368 g/mol. The second kappa shape index (κ2) is 8.46. The summed E-state index contributed by atoms with van der Waals surface area (Å²) in [6, 6.07) is 7.06. The summed E-state index contributed by atoms with van der Waals surface area (Å²) in [6.45, 7) is 0.446. The van der Waals surface area contributed by atoms with Crippen molar-refractivity contribution >= 4 is 5.91 Å². The van der Waals surface area contributed by atoms with Crippen molar-refractivity contribution in [2.24, 2.45) is 0 Å². The SMILES string of the molecule is COc1cc(CCN(C(=O)c2ccc(F)c(F)c2)C2CC2)cc(OC)c1OC. The van der Waals surface area contributed by atoms with Gasteiger partial charge in [0.15, 0.2) is 23.1 Å². The standard InChI is InChI=1S/C21H23F2NO4/c1-26-18-10-13(11-19(27-2)20(18)28-3)8-9-24(15-5-6-15)21(25)14-4-7-16(22)17(23)12-14/h4,7,10-12,15H,5-6,8-9H2,1-3H3. The first kappa shape index (κ1) is 19.9. The number of hydrogen-bond acceptors (Lipinski definition) is 4. The molecule has 0 bridgehead atoms. The Balaban J connectivity index is 1.79. The van der Waals surface area contributed by atoms with Crippen LogP contribution in [0, 0.1) is 11.6 Å². The quantitative estimate of drug-likeness (QED) is 0.686. The van der Waals surface area contributed by atoms with Gasteiger partial charge in [-0.15, -0.1) is 0 Å². The molecule has 0 unspecified atom stereocenters. The number of ether oxygens (including phenoxy) is 3. The molecule has 0 spiro atoms. The summed E-state index contributed by atoms with van der Waals surface area (Å²) in [7, 11) is 4.63. The van der Waals surface area contributed by atoms with Crippen LogP contribution in [0.1, 0.15) is 28.8 Å². The van der Waals surface area contributed by atoms with Gasteiger partial charge in [-0.25, -0.2) is 8.78 Å². The van der Waals surface area contributed by atoms with Gasteiger partial charge in [-0.2, -0.15) is 0 Å². The summed E-state index contributed by atoms with van der Waals surface area (Å²) in [5.41, 5.74) is 1.06. The summed E-state index contributed by atoms with van der Waals surface area (Å²) < 4.78 is 42.7. The molecule has 5 nitrogen and oxygen atoms in total. The molecule has 2 aromatic rings. The van der Waals surface area contributed by atoms with Crippen LogP contribution in [-0.4, -0.2) is 44.7 Å². The zero-order chi connectivity index (χ0) is 20.3. The summed E-state index contributed by atoms with van der Waals surface area (Å²) in [5.74, 6) is -0.693. The number of hydrogen-bond donors (Lipinski definition) is 0. The number of methoxy groups -OCH3 is 3. The molecule has 0 aromatic heterocycles. The highest BCUT2D eigenvalue weighted by molar-refractivity contribution is 5.94. The number of carbonyl (C=O) groups is 1. The Morgan fingerprint density at radius 3 is 2.14 bits per heavy atom. The number of benzene rings is 2. The predicted octanol–water partition coefficient (Wildman–Crippen LogP) is 3.84. The largest absolute Gasteiger partial charge is 0.493 e. The van der Waals surface area contributed by atoms with E-state index >= 15 is 0 Å². The molecule has 1 aliphatic rings. The Bertz CT molecular complexity index is 842. The first-order valence-corrected chi connectivity index (χ1v) is 9.03. The lowest BCUT2D eigenvalue weighted by Gasteiger charge is -2.23. The second-order valence-corrected chi connectivity index (χ2v) is 6.64. The fourth-order valence-electron chi connectivity index (χ4n) is 3.16. The van der Waals surface area contributed by atoms with Crippen molar-refractivity contribution in [2.75, 3.05) is 27.9 Å². The van der Waals surface area contributed by atoms with Gasteiger partial charge in [0.05, 0.1) is 21.3 Å². The Labute approximate surface area is 162 Å². The molecule has 7 heteroatoms. The molecule has 0 radical (unpaired) electrons. The zero-order valence-corrected chi connectivity index (χ0v) is 16.1. The van der Waals surface area contributed by atoms with Crippen molar-refractivity contribution in [3.05, 3.63) is 53.1 Å². The molecule has 1 fully saturated rings. The van der Waals surface area contributed by atoms with Crippen molar-refractivity contribution in [2.45, 2.75) is 25.3 Å². The van der Waals surface area contributed by atoms with E-state index < -0.39 is 11.6 Å². The van der Waals surface area contributed by atoms with Crippen molar-refractivity contribution in [3.63, 3.8) is 0 Å². The number of nitrogens with zero attached hydrogens (tertiary/aromatic N) is 1. The van der Waals surface area contributed by atoms with Crippen LogP contribution in [0.25, 0.3) is 0 Å². The third kappa shape index (κ3) is 4.18. The van der Waals surface area contributed by atoms with Gasteiger partial charge in [-0.1, -0.05) is 0 Å². The molecule has 1 saturated carbocycles. The van der Waals surface area contributed by atoms with Gasteiger partial charge < -0.3 is 19.1 Å². The normalized spacial score (nSPS) is 13.2. The lowest BCUT2D eigenvalue weighted by atomic mass is 10.1. The van der Waals surface area contributed by atoms with Crippen LogP contribution in [0.3, 0.4) is 0 Å². The molecule has 150 valence electrons. The minimum atomic E-state index is -1.02. The molecular formula is C21H23F2NO4. The molecule has 0 N–H and O–H groups in total. The smallest absolute Gasteiger partial charge is 0.254 e. The maximum atomic E-state index is 13.5. The van der Waals surface area contributed by atoms with Crippen LogP contribution in [0.4, 0.5) is 8.78 Å². The van der Waals surface area contributed by atoms with E-state index in [1.807, 2.05) is 12.1 Å². The predicted molar refractivity (Wildman–Crippen MR) is 100 cm³/mol. The van der Waals surface area contributed by atoms with Crippen LogP contribution in [-0.2, 0) is 6.42 Å². The Hall–Kier alpha value is -2.83. The van der Waals surface area contributed by atoms with Gasteiger partial charge in [0.25, 0.3) is 5.91 Å². The van der Waals surface area contributed by atoms with E-state index in [1.54, 1.807) is 19.1 Å². The molecule has 3 rings (SSSR count). The Morgan fingerprint density at radius 2 is 1.64 bits per heavy atom. The minimum absolute atomic E-state index is 0.127. The minimum Gasteiger partial charge on any atom is -0.493 e. The summed E-state index contributed by atoms with van der Waals surface area (Å²) in [4.78, 5) is 14.5. The fourth-order valence-corrected chi connectivity index (χ4v) is 3.16. The third-order valence-corrected chi connectivity index (χ3v) is 4.78. The first-order chi connectivity index (χ1) is 13.5. The average molecular weight is 391 g/mol. The molecule has 1 aliphatic carbocycles. The molecule has 28 heavy (non-hydrogen) atoms. The van der Waals surface area contributed by atoms with Crippen LogP contribution in [0.15, 0.2) is 30.3 Å². The monoisotopic (exact) mass is 391 g/mol. The topological polar surface area (TPSA) is 48.0 Å². The molecule has 0 heterocycles. The summed E-state index contributed by atoms with van der Waals surface area (Å²) in [5, 5.41) is 0. The highest BCUT2D eigenvalue weighted by Gasteiger charge is 2.33. The van der Waals surface area contributed by atoms with E-state index in [9.17, 15) is 13.6 Å². The van der Waals surface area contributed by atoms with E-state index in [4.69, 9.17) is 14.2 Å². The van der Waals surface area contributed by atoms with Crippen molar-refractivity contribution in [1.29, 1.82) is 0 Å². The number of amides is 1. The van der Waals surface area contributed by atoms with Crippen molar-refractivity contribution in [3.8, 4) is 17.2 Å². The van der Waals surface area contributed by atoms with Gasteiger partial charge >= 0.3 is 0 Å². The Morgan fingerprint density at radius 1 is 1.00 bits per heavy atom. The molecule has 0 aliphatic heterocycles. The van der Waals surface area contributed by atoms with E-state index in [-0.39, 0.29) is 17.5 Å². The van der Waals surface area contributed by atoms with Gasteiger partial charge in [-0.3, -0.25) is 4.79 Å². The molecule has 0 atom stereocenters. The second-order valence-electron chi connectivity index (χ2n) is 6.64. The highest BCUT2D eigenvalue weighted by atomic mass is 19.2. The van der Waals surface area contributed by atoms with Crippen molar-refractivity contribution < 1.29 is 27.8 Å². The van der Waals surface area contributed by atoms with Gasteiger partial charge in [0.1, 0.15) is 0 Å². The van der Waals surface area contributed by atoms with E-state index in [0.29, 0.717) is 30.2 Å². The lowest BCUT2D eigenvalue weighted by Crippen LogP contribution is -2.35. The fraction of sp³-hybridized carbons (Fsp3) is 0.381. The van der Waals surface area contributed by atoms with Gasteiger partial charge in [-0.05, 0) is 55.2 Å². The van der Waals surface area contributed by atoms with E-state index in [0.717, 1.165) is 30.5 Å². The lowest BCUT2D eigenvalue weighted by molar-refractivity contribution is 0.0744. The number of rotatable bonds is 8. The van der Waals surface area contributed by atoms with Crippen LogP contribution < -0.4 is 14.2 Å². The molecule has 2 aromatic carbocycles. The third-order valence-electron chi connectivity index (χ3n) is 4.78. The van der Waals surface area contributed by atoms with Crippen LogP contribution in [0.2, 0.25) is 0 Å². The maximum Gasteiger partial charge on any atom is 0.254 e. The zero-order valence-electron chi connectivity index (χ0n) is 16.1. The van der Waals surface area contributed by atoms with E-state index in [2.05, 4.69) is 0 Å². The number of halogens is 2. The molecule has 1 amide bonds. The van der Waals surface area contributed by atoms with Gasteiger partial charge in [0.2, 0.25) is 5.75 Å². The van der Waals surface area contributed by atoms with Crippen molar-refractivity contribution in [1.82, 2.24) is 4.90 Å². The Kier molecular flexibility index (Phi) is 6.02. The number of carbonyl (C=O) groups excluding carboxylic acids is 1. The van der Waals surface area contributed by atoms with Crippen LogP contribution >= 0.6 is 0 Å². The summed E-state index contributed by atoms with van der Waals surface area (Å²) in [6.07, 6.45) is 2.37. The van der Waals surface area contributed by atoms with E-state index in [1.165, 1.54) is 13.2 Å².